The van der Waals surface area contributed by atoms with E-state index in [-0.39, 0.29) is 0 Å². The van der Waals surface area contributed by atoms with Gasteiger partial charge in [0.1, 0.15) is 0 Å². The van der Waals surface area contributed by atoms with Gasteiger partial charge in [0, 0.05) is 11.5 Å². The largest absolute Gasteiger partial charge is 0.155 e. The lowest BCUT2D eigenvalue weighted by molar-refractivity contribution is 0.969. The molecule has 5 nitrogen and oxygen atoms in total. The second-order valence-corrected chi connectivity index (χ2v) is 2.42. The molecule has 0 spiro atoms. The molecular formula is C8H9N5. The second-order valence-electron chi connectivity index (χ2n) is 2.42. The van der Waals surface area contributed by atoms with Gasteiger partial charge in [0.25, 0.3) is 0 Å². The molecule has 13 heavy (non-hydrogen) atoms. The number of aromatic nitrogens is 2. The molecule has 1 heterocycles. The highest BCUT2D eigenvalue weighted by molar-refractivity contribution is 5.43. The highest BCUT2D eigenvalue weighted by atomic mass is 15.1. The standard InChI is InChI=1S/C8H9N5/c1-7-4-5-8(12-11-7)3-2-6-10-13-9/h2-5H,6H2,1H3. The molecule has 0 atom stereocenters. The Morgan fingerprint density at radius 3 is 3.00 bits per heavy atom. The fourth-order valence-corrected chi connectivity index (χ4v) is 0.755. The SMILES string of the molecule is Cc1ccc(C=CCN=[N+]=[N-])nn1. The van der Waals surface area contributed by atoms with E-state index in [0.29, 0.717) is 6.54 Å². The van der Waals surface area contributed by atoms with Crippen LogP contribution in [0.2, 0.25) is 0 Å². The average molecular weight is 175 g/mol. The van der Waals surface area contributed by atoms with E-state index in [1.165, 1.54) is 0 Å². The third-order valence-corrected chi connectivity index (χ3v) is 1.36. The number of hydrogen-bond acceptors (Lipinski definition) is 3. The molecule has 0 bridgehead atoms. The van der Waals surface area contributed by atoms with Gasteiger partial charge in [-0.05, 0) is 30.7 Å². The van der Waals surface area contributed by atoms with E-state index in [1.807, 2.05) is 19.1 Å². The van der Waals surface area contributed by atoms with E-state index in [2.05, 4.69) is 20.2 Å². The molecule has 1 aromatic heterocycles. The minimum Gasteiger partial charge on any atom is -0.155 e. The molecule has 0 aliphatic rings. The first-order valence-corrected chi connectivity index (χ1v) is 3.80. The smallest absolute Gasteiger partial charge is 0.0854 e. The van der Waals surface area contributed by atoms with Crippen LogP contribution in [0.15, 0.2) is 23.3 Å². The van der Waals surface area contributed by atoms with E-state index in [1.54, 1.807) is 12.2 Å². The fraction of sp³-hybridized carbons (Fsp3) is 0.250. The van der Waals surface area contributed by atoms with Gasteiger partial charge in [-0.15, -0.1) is 0 Å². The Labute approximate surface area is 75.7 Å². The Hall–Kier alpha value is -1.87. The summed E-state index contributed by atoms with van der Waals surface area (Å²) in [7, 11) is 0. The molecule has 66 valence electrons. The van der Waals surface area contributed by atoms with Crippen LogP contribution in [0.5, 0.6) is 0 Å². The van der Waals surface area contributed by atoms with Gasteiger partial charge in [-0.2, -0.15) is 10.2 Å². The lowest BCUT2D eigenvalue weighted by Crippen LogP contribution is -1.87. The lowest BCUT2D eigenvalue weighted by atomic mass is 10.3. The minimum atomic E-state index is 0.339. The first-order valence-electron chi connectivity index (χ1n) is 3.80. The highest BCUT2D eigenvalue weighted by Crippen LogP contribution is 1.97. The van der Waals surface area contributed by atoms with E-state index in [4.69, 9.17) is 5.53 Å². The topological polar surface area (TPSA) is 74.5 Å². The van der Waals surface area contributed by atoms with Crippen molar-refractivity contribution in [2.75, 3.05) is 6.54 Å². The second kappa shape index (κ2) is 4.90. The Morgan fingerprint density at radius 2 is 2.38 bits per heavy atom. The summed E-state index contributed by atoms with van der Waals surface area (Å²) >= 11 is 0. The molecule has 0 fully saturated rings. The van der Waals surface area contributed by atoms with Crippen molar-refractivity contribution in [2.24, 2.45) is 5.11 Å². The van der Waals surface area contributed by atoms with Crippen molar-refractivity contribution in [3.8, 4) is 0 Å². The number of rotatable bonds is 3. The third kappa shape index (κ3) is 3.35. The van der Waals surface area contributed by atoms with Crippen LogP contribution in [0.1, 0.15) is 11.4 Å². The van der Waals surface area contributed by atoms with Crippen LogP contribution < -0.4 is 0 Å². The van der Waals surface area contributed by atoms with Gasteiger partial charge in [0.05, 0.1) is 11.4 Å². The summed E-state index contributed by atoms with van der Waals surface area (Å²) in [5.74, 6) is 0. The van der Waals surface area contributed by atoms with Gasteiger partial charge in [0.2, 0.25) is 0 Å². The molecule has 1 aromatic rings. The van der Waals surface area contributed by atoms with Crippen LogP contribution >= 0.6 is 0 Å². The lowest BCUT2D eigenvalue weighted by Gasteiger charge is -1.90. The van der Waals surface area contributed by atoms with Gasteiger partial charge in [-0.1, -0.05) is 11.2 Å². The molecule has 5 heteroatoms. The molecule has 0 radical (unpaired) electrons. The Kier molecular flexibility index (Phi) is 3.47. The zero-order chi connectivity index (χ0) is 9.52. The minimum absolute atomic E-state index is 0.339. The van der Waals surface area contributed by atoms with Gasteiger partial charge in [0.15, 0.2) is 0 Å². The fourth-order valence-electron chi connectivity index (χ4n) is 0.755. The molecule has 1 rings (SSSR count). The first kappa shape index (κ1) is 9.22. The molecule has 0 saturated heterocycles. The number of azide groups is 1. The molecule has 0 unspecified atom stereocenters. The van der Waals surface area contributed by atoms with Crippen molar-refractivity contribution in [3.05, 3.63) is 40.0 Å². The molecule has 0 aliphatic carbocycles. The number of nitrogens with zero attached hydrogens (tertiary/aromatic N) is 5. The summed E-state index contributed by atoms with van der Waals surface area (Å²) in [6.45, 7) is 2.21. The molecule has 0 aliphatic heterocycles. The average Bonchev–Trinajstić information content (AvgIpc) is 2.15. The highest BCUT2D eigenvalue weighted by Gasteiger charge is 1.87. The van der Waals surface area contributed by atoms with Crippen LogP contribution in [0.25, 0.3) is 16.5 Å². The number of aryl methyl sites for hydroxylation is 1. The van der Waals surface area contributed by atoms with Crippen LogP contribution in [0.4, 0.5) is 0 Å². The van der Waals surface area contributed by atoms with Crippen molar-refractivity contribution in [2.45, 2.75) is 6.92 Å². The summed E-state index contributed by atoms with van der Waals surface area (Å²) < 4.78 is 0. The van der Waals surface area contributed by atoms with E-state index < -0.39 is 0 Å². The molecule has 0 N–H and O–H groups in total. The maximum absolute atomic E-state index is 8.00. The van der Waals surface area contributed by atoms with Gasteiger partial charge in [-0.3, -0.25) is 0 Å². The Balaban J connectivity index is 2.58. The van der Waals surface area contributed by atoms with E-state index in [0.717, 1.165) is 11.4 Å². The van der Waals surface area contributed by atoms with Gasteiger partial charge < -0.3 is 0 Å². The van der Waals surface area contributed by atoms with Crippen LogP contribution in [-0.4, -0.2) is 16.7 Å². The number of hydrogen-bond donors (Lipinski definition) is 0. The molecule has 0 amide bonds. The zero-order valence-electron chi connectivity index (χ0n) is 7.25. The van der Waals surface area contributed by atoms with E-state index >= 15 is 0 Å². The molecule has 0 aromatic carbocycles. The Bertz CT molecular complexity index is 334. The van der Waals surface area contributed by atoms with E-state index in [9.17, 15) is 0 Å². The summed E-state index contributed by atoms with van der Waals surface area (Å²) in [5.41, 5.74) is 9.64. The first-order chi connectivity index (χ1) is 6.33. The normalized spacial score (nSPS) is 9.92. The summed E-state index contributed by atoms with van der Waals surface area (Å²) in [6, 6.07) is 3.73. The third-order valence-electron chi connectivity index (χ3n) is 1.36. The van der Waals surface area contributed by atoms with Crippen molar-refractivity contribution in [1.82, 2.24) is 10.2 Å². The quantitative estimate of drug-likeness (QED) is 0.400. The molecular weight excluding hydrogens is 166 g/mol. The van der Waals surface area contributed by atoms with Crippen molar-refractivity contribution >= 4 is 6.08 Å². The summed E-state index contributed by atoms with van der Waals surface area (Å²) in [4.78, 5) is 2.62. The van der Waals surface area contributed by atoms with Gasteiger partial charge >= 0.3 is 0 Å². The summed E-state index contributed by atoms with van der Waals surface area (Å²) in [6.07, 6.45) is 3.50. The predicted molar refractivity (Wildman–Crippen MR) is 49.8 cm³/mol. The van der Waals surface area contributed by atoms with Crippen LogP contribution in [-0.2, 0) is 0 Å². The van der Waals surface area contributed by atoms with Crippen molar-refractivity contribution < 1.29 is 0 Å². The van der Waals surface area contributed by atoms with Crippen molar-refractivity contribution in [1.29, 1.82) is 0 Å². The summed E-state index contributed by atoms with van der Waals surface area (Å²) in [5, 5.41) is 11.1. The van der Waals surface area contributed by atoms with Crippen molar-refractivity contribution in [3.63, 3.8) is 0 Å². The maximum Gasteiger partial charge on any atom is 0.0854 e. The zero-order valence-corrected chi connectivity index (χ0v) is 7.25. The van der Waals surface area contributed by atoms with Crippen LogP contribution in [0, 0.1) is 6.92 Å². The maximum atomic E-state index is 8.00. The van der Waals surface area contributed by atoms with Gasteiger partial charge in [-0.25, -0.2) is 0 Å². The Morgan fingerprint density at radius 1 is 1.54 bits per heavy atom. The predicted octanol–water partition coefficient (Wildman–Crippen LogP) is 2.11. The van der Waals surface area contributed by atoms with Crippen LogP contribution in [0.3, 0.4) is 0 Å². The molecule has 0 saturated carbocycles. The monoisotopic (exact) mass is 175 g/mol.